The third kappa shape index (κ3) is 3.34. The number of hydrogen-bond donors (Lipinski definition) is 2. The molecule has 2 N–H and O–H groups in total. The second-order valence-electron chi connectivity index (χ2n) is 4.39. The van der Waals surface area contributed by atoms with E-state index >= 15 is 0 Å². The average Bonchev–Trinajstić information content (AvgIpc) is 2.46. The highest BCUT2D eigenvalue weighted by atomic mass is 79.9. The van der Waals surface area contributed by atoms with Crippen molar-refractivity contribution in [1.82, 2.24) is 9.97 Å². The van der Waals surface area contributed by atoms with Crippen molar-refractivity contribution in [1.29, 1.82) is 0 Å². The summed E-state index contributed by atoms with van der Waals surface area (Å²) in [7, 11) is 0. The van der Waals surface area contributed by atoms with Crippen LogP contribution in [0.5, 0.6) is 0 Å². The number of nitrogens with zero attached hydrogens (tertiary/aromatic N) is 3. The zero-order valence-corrected chi connectivity index (χ0v) is 12.6. The molecule has 19 heavy (non-hydrogen) atoms. The van der Waals surface area contributed by atoms with Crippen molar-refractivity contribution >= 4 is 27.6 Å². The van der Waals surface area contributed by atoms with E-state index in [4.69, 9.17) is 4.74 Å². The van der Waals surface area contributed by atoms with Gasteiger partial charge in [0.1, 0.15) is 22.4 Å². The molecule has 0 amide bonds. The summed E-state index contributed by atoms with van der Waals surface area (Å²) in [6.45, 7) is 4.89. The highest BCUT2D eigenvalue weighted by molar-refractivity contribution is 9.10. The molecule has 2 rings (SSSR count). The van der Waals surface area contributed by atoms with Crippen LogP contribution in [0.15, 0.2) is 10.8 Å². The number of nitrogens with one attached hydrogen (secondary N) is 1. The van der Waals surface area contributed by atoms with Crippen LogP contribution in [0.3, 0.4) is 0 Å². The van der Waals surface area contributed by atoms with Gasteiger partial charge in [-0.05, 0) is 22.4 Å². The standard InChI is InChI=1S/C12H19BrN4O2/c1-2-3-14-11-10(13)12(16-8-15-11)17-4-5-19-7-9(17)6-18/h8-9,18H,2-7H2,1H3,(H,14,15,16). The Morgan fingerprint density at radius 2 is 2.42 bits per heavy atom. The van der Waals surface area contributed by atoms with Crippen LogP contribution >= 0.6 is 15.9 Å². The molecule has 1 aliphatic rings. The van der Waals surface area contributed by atoms with Gasteiger partial charge in [-0.1, -0.05) is 6.92 Å². The van der Waals surface area contributed by atoms with Crippen LogP contribution in [0, 0.1) is 0 Å². The van der Waals surface area contributed by atoms with Crippen molar-refractivity contribution in [2.75, 3.05) is 43.1 Å². The number of halogens is 1. The lowest BCUT2D eigenvalue weighted by atomic mass is 10.2. The molecule has 1 aliphatic heterocycles. The molecule has 0 spiro atoms. The van der Waals surface area contributed by atoms with Gasteiger partial charge in [0, 0.05) is 13.1 Å². The molecule has 0 saturated carbocycles. The van der Waals surface area contributed by atoms with Gasteiger partial charge in [0.2, 0.25) is 0 Å². The number of aromatic nitrogens is 2. The molecule has 1 atom stereocenters. The van der Waals surface area contributed by atoms with Gasteiger partial charge in [-0.2, -0.15) is 0 Å². The largest absolute Gasteiger partial charge is 0.394 e. The van der Waals surface area contributed by atoms with Gasteiger partial charge < -0.3 is 20.1 Å². The highest BCUT2D eigenvalue weighted by Gasteiger charge is 2.26. The predicted molar refractivity (Wildman–Crippen MR) is 77.6 cm³/mol. The lowest BCUT2D eigenvalue weighted by molar-refractivity contribution is 0.0722. The number of ether oxygens (including phenoxy) is 1. The maximum Gasteiger partial charge on any atom is 0.149 e. The molecule has 1 saturated heterocycles. The molecule has 1 fully saturated rings. The van der Waals surface area contributed by atoms with Gasteiger partial charge in [-0.25, -0.2) is 9.97 Å². The summed E-state index contributed by atoms with van der Waals surface area (Å²) in [6.07, 6.45) is 2.57. The summed E-state index contributed by atoms with van der Waals surface area (Å²) < 4.78 is 6.22. The minimum atomic E-state index is -0.0565. The smallest absolute Gasteiger partial charge is 0.149 e. The summed E-state index contributed by atoms with van der Waals surface area (Å²) in [6, 6.07) is -0.0565. The molecule has 0 bridgehead atoms. The lowest BCUT2D eigenvalue weighted by Crippen LogP contribution is -2.48. The fraction of sp³-hybridized carbons (Fsp3) is 0.667. The fourth-order valence-corrected chi connectivity index (χ4v) is 2.59. The molecular formula is C12H19BrN4O2. The minimum Gasteiger partial charge on any atom is -0.394 e. The monoisotopic (exact) mass is 330 g/mol. The van der Waals surface area contributed by atoms with E-state index in [1.807, 2.05) is 0 Å². The topological polar surface area (TPSA) is 70.5 Å². The van der Waals surface area contributed by atoms with Crippen LogP contribution in [0.2, 0.25) is 0 Å². The Morgan fingerprint density at radius 1 is 1.58 bits per heavy atom. The Kier molecular flexibility index (Phi) is 5.35. The summed E-state index contributed by atoms with van der Waals surface area (Å²) in [4.78, 5) is 10.6. The quantitative estimate of drug-likeness (QED) is 0.847. The van der Waals surface area contributed by atoms with Crippen molar-refractivity contribution in [3.63, 3.8) is 0 Å². The minimum absolute atomic E-state index is 0.0498. The highest BCUT2D eigenvalue weighted by Crippen LogP contribution is 2.31. The first kappa shape index (κ1) is 14.5. The Morgan fingerprint density at radius 3 is 3.16 bits per heavy atom. The number of hydrogen-bond acceptors (Lipinski definition) is 6. The lowest BCUT2D eigenvalue weighted by Gasteiger charge is -2.35. The fourth-order valence-electron chi connectivity index (χ4n) is 2.01. The normalized spacial score (nSPS) is 19.5. The summed E-state index contributed by atoms with van der Waals surface area (Å²) in [5, 5.41) is 12.7. The van der Waals surface area contributed by atoms with Crippen molar-refractivity contribution in [3.8, 4) is 0 Å². The molecule has 106 valence electrons. The van der Waals surface area contributed by atoms with Crippen LogP contribution < -0.4 is 10.2 Å². The van der Waals surface area contributed by atoms with E-state index in [0.29, 0.717) is 19.8 Å². The van der Waals surface area contributed by atoms with Gasteiger partial charge in [-0.15, -0.1) is 0 Å². The molecule has 0 aliphatic carbocycles. The summed E-state index contributed by atoms with van der Waals surface area (Å²) >= 11 is 3.55. The number of morpholine rings is 1. The van der Waals surface area contributed by atoms with E-state index in [9.17, 15) is 5.11 Å². The van der Waals surface area contributed by atoms with E-state index in [-0.39, 0.29) is 12.6 Å². The van der Waals surface area contributed by atoms with Crippen LogP contribution in [-0.4, -0.2) is 54.0 Å². The van der Waals surface area contributed by atoms with E-state index in [1.54, 1.807) is 6.33 Å². The van der Waals surface area contributed by atoms with Gasteiger partial charge in [0.25, 0.3) is 0 Å². The van der Waals surface area contributed by atoms with Crippen LogP contribution in [0.1, 0.15) is 13.3 Å². The first-order chi connectivity index (χ1) is 9.27. The van der Waals surface area contributed by atoms with Gasteiger partial charge in [-0.3, -0.25) is 0 Å². The van der Waals surface area contributed by atoms with E-state index in [1.165, 1.54) is 0 Å². The third-order valence-corrected chi connectivity index (χ3v) is 3.75. The molecule has 7 heteroatoms. The van der Waals surface area contributed by atoms with Crippen LogP contribution in [0.25, 0.3) is 0 Å². The maximum absolute atomic E-state index is 9.43. The SMILES string of the molecule is CCCNc1ncnc(N2CCOCC2CO)c1Br. The molecule has 1 unspecified atom stereocenters. The van der Waals surface area contributed by atoms with Gasteiger partial charge in [0.05, 0.1) is 25.9 Å². The average molecular weight is 331 g/mol. The molecule has 1 aromatic heterocycles. The van der Waals surface area contributed by atoms with E-state index in [2.05, 4.69) is 43.0 Å². The second-order valence-corrected chi connectivity index (χ2v) is 5.18. The number of aliphatic hydroxyl groups excluding tert-OH is 1. The zero-order valence-electron chi connectivity index (χ0n) is 11.0. The Hall–Kier alpha value is -0.920. The second kappa shape index (κ2) is 7.02. The molecule has 6 nitrogen and oxygen atoms in total. The van der Waals surface area contributed by atoms with Crippen LogP contribution in [-0.2, 0) is 4.74 Å². The van der Waals surface area contributed by atoms with Crippen molar-refractivity contribution in [2.24, 2.45) is 0 Å². The number of rotatable bonds is 5. The first-order valence-electron chi connectivity index (χ1n) is 6.47. The first-order valence-corrected chi connectivity index (χ1v) is 7.26. The molecule has 1 aromatic rings. The summed E-state index contributed by atoms with van der Waals surface area (Å²) in [5.74, 6) is 1.59. The van der Waals surface area contributed by atoms with Gasteiger partial charge in [0.15, 0.2) is 0 Å². The Labute approximate surface area is 121 Å². The van der Waals surface area contributed by atoms with Crippen molar-refractivity contribution in [2.45, 2.75) is 19.4 Å². The maximum atomic E-state index is 9.43. The molecule has 2 heterocycles. The van der Waals surface area contributed by atoms with Crippen molar-refractivity contribution in [3.05, 3.63) is 10.8 Å². The molecule has 0 radical (unpaired) electrons. The van der Waals surface area contributed by atoms with Gasteiger partial charge >= 0.3 is 0 Å². The Balaban J connectivity index is 2.22. The zero-order chi connectivity index (χ0) is 13.7. The van der Waals surface area contributed by atoms with Crippen LogP contribution in [0.4, 0.5) is 11.6 Å². The molecule has 0 aromatic carbocycles. The molecular weight excluding hydrogens is 312 g/mol. The number of anilines is 2. The van der Waals surface area contributed by atoms with E-state index in [0.717, 1.165) is 29.1 Å². The Bertz CT molecular complexity index is 419. The van der Waals surface area contributed by atoms with Crippen molar-refractivity contribution < 1.29 is 9.84 Å². The predicted octanol–water partition coefficient (Wildman–Crippen LogP) is 1.26. The van der Waals surface area contributed by atoms with E-state index < -0.39 is 0 Å². The third-order valence-electron chi connectivity index (χ3n) is 3.02. The number of aliphatic hydroxyl groups is 1. The summed E-state index contributed by atoms with van der Waals surface area (Å²) in [5.41, 5.74) is 0.